The molecule has 4 aromatic carbocycles. The predicted molar refractivity (Wildman–Crippen MR) is 200 cm³/mol. The van der Waals surface area contributed by atoms with Crippen LogP contribution in [0.2, 0.25) is 5.02 Å². The van der Waals surface area contributed by atoms with Crippen molar-refractivity contribution in [3.63, 3.8) is 0 Å². The van der Waals surface area contributed by atoms with Crippen LogP contribution in [-0.2, 0) is 21.4 Å². The number of likely N-dealkylation sites (tertiary alicyclic amines) is 1. The molecule has 4 N–H and O–H groups in total. The van der Waals surface area contributed by atoms with Crippen LogP contribution < -0.4 is 11.1 Å². The number of benzene rings is 4. The first-order chi connectivity index (χ1) is 26.1. The van der Waals surface area contributed by atoms with E-state index in [9.17, 15) is 23.5 Å². The summed E-state index contributed by atoms with van der Waals surface area (Å²) in [7, 11) is 0. The third kappa shape index (κ3) is 6.65. The van der Waals surface area contributed by atoms with Gasteiger partial charge in [-0.2, -0.15) is 0 Å². The van der Waals surface area contributed by atoms with Gasteiger partial charge in [0.2, 0.25) is 0 Å². The van der Waals surface area contributed by atoms with Crippen molar-refractivity contribution in [2.45, 2.75) is 49.6 Å². The Labute approximate surface area is 316 Å². The van der Waals surface area contributed by atoms with Crippen LogP contribution in [-0.4, -0.2) is 65.4 Å². The summed E-state index contributed by atoms with van der Waals surface area (Å²) in [6.07, 6.45) is 4.77. The molecule has 2 aliphatic heterocycles. The Morgan fingerprint density at radius 1 is 0.944 bits per heavy atom. The highest BCUT2D eigenvalue weighted by Crippen LogP contribution is 2.48. The quantitative estimate of drug-likeness (QED) is 0.143. The Balaban J connectivity index is 0.000000155. The summed E-state index contributed by atoms with van der Waals surface area (Å²) in [6.45, 7) is 2.41. The normalized spacial score (nSPS) is 20.1. The summed E-state index contributed by atoms with van der Waals surface area (Å²) >= 11 is 6.24. The lowest BCUT2D eigenvalue weighted by molar-refractivity contribution is -0.145. The largest absolute Gasteiger partial charge is 0.481 e. The van der Waals surface area contributed by atoms with Gasteiger partial charge in [-0.25, -0.2) is 8.78 Å². The number of aromatic nitrogens is 1. The van der Waals surface area contributed by atoms with Gasteiger partial charge >= 0.3 is 5.97 Å². The number of ether oxygens (including phenoxy) is 1. The van der Waals surface area contributed by atoms with E-state index in [-0.39, 0.29) is 22.4 Å². The molecule has 2 saturated heterocycles. The van der Waals surface area contributed by atoms with E-state index >= 15 is 0 Å². The third-order valence-electron chi connectivity index (χ3n) is 11.4. The molecular weight excluding hydrogens is 714 g/mol. The summed E-state index contributed by atoms with van der Waals surface area (Å²) in [5.41, 5.74) is 14.8. The number of piperidine rings is 1. The molecule has 9 nitrogen and oxygen atoms in total. The SMILES string of the molecule is Nc1c(C2(c3cccc(Cl)c3)COC2)ccc2c1Cc1ccccc1-2.O=C(N[C@H]1CCN(C2CCC2)C[C@@H]1C(=O)O)c1cc(-c2ccc(F)cc2F)on1. The molecule has 0 unspecified atom stereocenters. The average Bonchev–Trinajstić information content (AvgIpc) is 3.75. The highest BCUT2D eigenvalue weighted by molar-refractivity contribution is 6.30. The fourth-order valence-electron chi connectivity index (χ4n) is 8.15. The van der Waals surface area contributed by atoms with Crippen molar-refractivity contribution in [1.82, 2.24) is 15.4 Å². The average molecular weight is 753 g/mol. The first-order valence-corrected chi connectivity index (χ1v) is 18.5. The summed E-state index contributed by atoms with van der Waals surface area (Å²) in [5.74, 6) is -3.82. The molecule has 0 bridgehead atoms. The first kappa shape index (κ1) is 35.9. The number of rotatable bonds is 7. The number of halogens is 3. The monoisotopic (exact) mass is 752 g/mol. The van der Waals surface area contributed by atoms with Crippen molar-refractivity contribution >= 4 is 29.2 Å². The van der Waals surface area contributed by atoms with E-state index in [0.717, 1.165) is 48.1 Å². The van der Waals surface area contributed by atoms with Crippen LogP contribution in [0.5, 0.6) is 0 Å². The number of nitrogens with zero attached hydrogens (tertiary/aromatic N) is 2. The second-order valence-electron chi connectivity index (χ2n) is 14.6. The van der Waals surface area contributed by atoms with Gasteiger partial charge in [0.05, 0.1) is 30.1 Å². The van der Waals surface area contributed by atoms with Crippen LogP contribution in [0.15, 0.2) is 89.5 Å². The van der Waals surface area contributed by atoms with Crippen LogP contribution in [0.3, 0.4) is 0 Å². The molecule has 0 radical (unpaired) electrons. The van der Waals surface area contributed by atoms with Crippen molar-refractivity contribution in [2.24, 2.45) is 5.92 Å². The van der Waals surface area contributed by atoms with E-state index in [1.165, 1.54) is 46.4 Å². The van der Waals surface area contributed by atoms with Crippen LogP contribution in [0.4, 0.5) is 14.5 Å². The number of anilines is 1. The molecule has 5 aromatic rings. The van der Waals surface area contributed by atoms with E-state index in [1.807, 2.05) is 18.2 Å². The fraction of sp³-hybridized carbons (Fsp3) is 0.310. The minimum Gasteiger partial charge on any atom is -0.481 e. The van der Waals surface area contributed by atoms with Crippen LogP contribution >= 0.6 is 11.6 Å². The zero-order valence-electron chi connectivity index (χ0n) is 29.4. The van der Waals surface area contributed by atoms with E-state index in [2.05, 4.69) is 57.8 Å². The molecule has 2 aliphatic carbocycles. The van der Waals surface area contributed by atoms with Gasteiger partial charge < -0.3 is 25.4 Å². The first-order valence-electron chi connectivity index (χ1n) is 18.1. The Bertz CT molecular complexity index is 2240. The molecule has 4 aliphatic rings. The molecule has 278 valence electrons. The number of carbonyl (C=O) groups excluding carboxylic acids is 1. The Hall–Kier alpha value is -5.10. The molecule has 3 fully saturated rings. The van der Waals surface area contributed by atoms with Gasteiger partial charge in [0, 0.05) is 54.4 Å². The second kappa shape index (κ2) is 14.6. The predicted octanol–water partition coefficient (Wildman–Crippen LogP) is 7.49. The highest BCUT2D eigenvalue weighted by Gasteiger charge is 2.44. The summed E-state index contributed by atoms with van der Waals surface area (Å²) < 4.78 is 37.6. The lowest BCUT2D eigenvalue weighted by Gasteiger charge is -2.44. The standard InChI is InChI=1S/C22H18ClNO.C20H21F2N3O4/c23-16-6-3-5-15(11-16)22(12-25-13-22)20-9-8-18-17-7-2-1-4-14(17)10-19(18)21(20)24;21-11-4-5-13(15(22)8-11)18-9-17(24-29-18)19(26)23-16-6-7-25(12-2-1-3-12)10-14(16)20(27)28/h1-9,11H,10,12-13,24H2;4-5,8-9,12,14,16H,1-3,6-7,10H2,(H,23,26)(H,27,28)/t;14-,16-/m.0/s1. The molecule has 2 atom stereocenters. The zero-order chi connectivity index (χ0) is 37.6. The van der Waals surface area contributed by atoms with Crippen molar-refractivity contribution in [3.05, 3.63) is 130 Å². The number of carbonyl (C=O) groups is 2. The molecule has 0 spiro atoms. The number of carboxylic acid groups (broad SMARTS) is 1. The van der Waals surface area contributed by atoms with Gasteiger partial charge in [-0.05, 0) is 76.9 Å². The number of hydrogen-bond acceptors (Lipinski definition) is 7. The van der Waals surface area contributed by atoms with Crippen LogP contribution in [0, 0.1) is 17.6 Å². The third-order valence-corrected chi connectivity index (χ3v) is 11.7. The molecule has 1 saturated carbocycles. The Morgan fingerprint density at radius 2 is 1.74 bits per heavy atom. The molecule has 1 amide bonds. The van der Waals surface area contributed by atoms with Crippen molar-refractivity contribution in [2.75, 3.05) is 32.0 Å². The maximum absolute atomic E-state index is 13.9. The Kier molecular flexibility index (Phi) is 9.72. The number of nitrogens with one attached hydrogen (secondary N) is 1. The smallest absolute Gasteiger partial charge is 0.309 e. The number of nitrogen functional groups attached to an aromatic ring is 1. The highest BCUT2D eigenvalue weighted by atomic mass is 35.5. The summed E-state index contributed by atoms with van der Waals surface area (Å²) in [5, 5.41) is 16.7. The van der Waals surface area contributed by atoms with E-state index < -0.39 is 35.5 Å². The Morgan fingerprint density at radius 3 is 2.44 bits per heavy atom. The number of fused-ring (bicyclic) bond motifs is 3. The minimum absolute atomic E-state index is 0.0118. The number of carboxylic acids is 1. The summed E-state index contributed by atoms with van der Waals surface area (Å²) in [6, 6.07) is 25.2. The van der Waals surface area contributed by atoms with E-state index in [4.69, 9.17) is 26.6 Å². The molecule has 1 aromatic heterocycles. The van der Waals surface area contributed by atoms with Gasteiger partial charge in [-0.3, -0.25) is 14.5 Å². The molecule has 54 heavy (non-hydrogen) atoms. The zero-order valence-corrected chi connectivity index (χ0v) is 30.1. The van der Waals surface area contributed by atoms with Gasteiger partial charge in [0.15, 0.2) is 11.5 Å². The van der Waals surface area contributed by atoms with Gasteiger partial charge in [0.1, 0.15) is 11.6 Å². The number of nitrogens with two attached hydrogens (primary N) is 1. The van der Waals surface area contributed by atoms with Crippen molar-refractivity contribution < 1.29 is 32.7 Å². The molecule has 3 heterocycles. The molecular formula is C42H39ClF2N4O5. The fourth-order valence-corrected chi connectivity index (χ4v) is 8.34. The molecule has 12 heteroatoms. The second-order valence-corrected chi connectivity index (χ2v) is 15.0. The van der Waals surface area contributed by atoms with E-state index in [1.54, 1.807) is 0 Å². The van der Waals surface area contributed by atoms with Gasteiger partial charge in [-0.1, -0.05) is 71.7 Å². The lowest BCUT2D eigenvalue weighted by Crippen LogP contribution is -2.56. The van der Waals surface area contributed by atoms with Gasteiger partial charge in [0.25, 0.3) is 5.91 Å². The van der Waals surface area contributed by atoms with Crippen LogP contribution in [0.1, 0.15) is 58.4 Å². The number of hydrogen-bond donors (Lipinski definition) is 3. The molecule has 9 rings (SSSR count). The number of aliphatic carboxylic acids is 1. The number of amides is 1. The topological polar surface area (TPSA) is 131 Å². The van der Waals surface area contributed by atoms with Crippen molar-refractivity contribution in [3.8, 4) is 22.5 Å². The minimum atomic E-state index is -0.950. The maximum Gasteiger partial charge on any atom is 0.309 e. The maximum atomic E-state index is 13.9. The lowest BCUT2D eigenvalue weighted by atomic mass is 9.71. The van der Waals surface area contributed by atoms with E-state index in [0.29, 0.717) is 38.3 Å². The van der Waals surface area contributed by atoms with Crippen molar-refractivity contribution in [1.29, 1.82) is 0 Å². The van der Waals surface area contributed by atoms with Gasteiger partial charge in [-0.15, -0.1) is 0 Å². The summed E-state index contributed by atoms with van der Waals surface area (Å²) in [4.78, 5) is 26.5. The van der Waals surface area contributed by atoms with Crippen LogP contribution in [0.25, 0.3) is 22.5 Å².